The lowest BCUT2D eigenvalue weighted by molar-refractivity contribution is 0.351. The van der Waals surface area contributed by atoms with Gasteiger partial charge < -0.3 is 4.98 Å². The van der Waals surface area contributed by atoms with Crippen molar-refractivity contribution in [2.24, 2.45) is 17.0 Å². The molecule has 108 valence electrons. The monoisotopic (exact) mass is 282 g/mol. The molecule has 1 aromatic rings. The molecule has 1 fully saturated rings. The lowest BCUT2D eigenvalue weighted by atomic mass is 9.77. The number of fused-ring (bicyclic) bond motifs is 2. The molecule has 2 bridgehead atoms. The fourth-order valence-corrected chi connectivity index (χ4v) is 4.06. The average molecular weight is 282 g/mol. The zero-order valence-corrected chi connectivity index (χ0v) is 12.2. The Morgan fingerprint density at radius 3 is 2.95 bits per heavy atom. The molecule has 3 atom stereocenters. The molecule has 5 heteroatoms. The SMILES string of the molecule is C/C=C1\C2C=C(C)CC(C2)C1(N=[N+]=[N-])c1ccc(=O)[nH]c1. The van der Waals surface area contributed by atoms with Crippen molar-refractivity contribution in [2.45, 2.75) is 32.2 Å². The van der Waals surface area contributed by atoms with E-state index in [1.54, 1.807) is 12.3 Å². The van der Waals surface area contributed by atoms with Crippen molar-refractivity contribution in [3.63, 3.8) is 0 Å². The first kappa shape index (κ1) is 13.7. The number of H-pyrrole nitrogens is 1. The Morgan fingerprint density at radius 1 is 1.52 bits per heavy atom. The Hall–Kier alpha value is -2.26. The van der Waals surface area contributed by atoms with Crippen LogP contribution >= 0.6 is 0 Å². The molecule has 0 aromatic carbocycles. The van der Waals surface area contributed by atoms with Crippen LogP contribution in [-0.4, -0.2) is 4.98 Å². The highest BCUT2D eigenvalue weighted by Crippen LogP contribution is 2.58. The van der Waals surface area contributed by atoms with Crippen LogP contribution < -0.4 is 5.56 Å². The van der Waals surface area contributed by atoms with E-state index in [9.17, 15) is 4.79 Å². The summed E-state index contributed by atoms with van der Waals surface area (Å²) in [5.74, 6) is 0.576. The topological polar surface area (TPSA) is 81.6 Å². The predicted octanol–water partition coefficient (Wildman–Crippen LogP) is 3.81. The van der Waals surface area contributed by atoms with E-state index in [4.69, 9.17) is 5.53 Å². The van der Waals surface area contributed by atoms with Crippen LogP contribution in [0.25, 0.3) is 10.4 Å². The van der Waals surface area contributed by atoms with Crippen LogP contribution in [0.15, 0.2) is 51.5 Å². The maximum atomic E-state index is 11.3. The molecule has 0 saturated heterocycles. The van der Waals surface area contributed by atoms with Gasteiger partial charge in [-0.2, -0.15) is 0 Å². The van der Waals surface area contributed by atoms with E-state index in [2.05, 4.69) is 34.1 Å². The summed E-state index contributed by atoms with van der Waals surface area (Å²) in [6, 6.07) is 3.28. The van der Waals surface area contributed by atoms with Crippen LogP contribution in [0.4, 0.5) is 0 Å². The molecule has 3 rings (SSSR count). The summed E-state index contributed by atoms with van der Waals surface area (Å²) in [5.41, 5.74) is 11.7. The van der Waals surface area contributed by atoms with Gasteiger partial charge in [-0.25, -0.2) is 0 Å². The fraction of sp³-hybridized carbons (Fsp3) is 0.438. The maximum Gasteiger partial charge on any atom is 0.247 e. The number of pyridine rings is 1. The number of nitrogens with zero attached hydrogens (tertiary/aromatic N) is 3. The summed E-state index contributed by atoms with van der Waals surface area (Å²) < 4.78 is 0. The lowest BCUT2D eigenvalue weighted by Crippen LogP contribution is -2.30. The summed E-state index contributed by atoms with van der Waals surface area (Å²) in [5, 5.41) is 4.24. The molecule has 1 saturated carbocycles. The minimum atomic E-state index is -0.674. The van der Waals surface area contributed by atoms with Crippen LogP contribution in [0, 0.1) is 11.8 Å². The number of azide groups is 1. The van der Waals surface area contributed by atoms with Crippen LogP contribution in [0.2, 0.25) is 0 Å². The molecular weight excluding hydrogens is 264 g/mol. The van der Waals surface area contributed by atoms with Gasteiger partial charge in [-0.3, -0.25) is 4.79 Å². The van der Waals surface area contributed by atoms with Crippen molar-refractivity contribution >= 4 is 0 Å². The number of aromatic amines is 1. The van der Waals surface area contributed by atoms with E-state index in [0.29, 0.717) is 5.92 Å². The first-order chi connectivity index (χ1) is 10.1. The Bertz CT molecular complexity index is 718. The van der Waals surface area contributed by atoms with Gasteiger partial charge in [-0.15, -0.1) is 0 Å². The second kappa shape index (κ2) is 4.93. The molecule has 3 unspecified atom stereocenters. The summed E-state index contributed by atoms with van der Waals surface area (Å²) in [4.78, 5) is 17.2. The average Bonchev–Trinajstić information content (AvgIpc) is 2.68. The molecule has 5 nitrogen and oxygen atoms in total. The van der Waals surface area contributed by atoms with Crippen molar-refractivity contribution in [2.75, 3.05) is 0 Å². The molecule has 0 spiro atoms. The van der Waals surface area contributed by atoms with Crippen LogP contribution in [-0.2, 0) is 5.54 Å². The van der Waals surface area contributed by atoms with Crippen molar-refractivity contribution in [3.8, 4) is 0 Å². The molecule has 1 heterocycles. The molecule has 2 aliphatic carbocycles. The van der Waals surface area contributed by atoms with Gasteiger partial charge in [0.25, 0.3) is 0 Å². The Morgan fingerprint density at radius 2 is 2.33 bits per heavy atom. The lowest BCUT2D eigenvalue weighted by Gasteiger charge is -2.32. The highest BCUT2D eigenvalue weighted by Gasteiger charge is 2.52. The van der Waals surface area contributed by atoms with Crippen molar-refractivity contribution < 1.29 is 0 Å². The quantitative estimate of drug-likeness (QED) is 0.380. The van der Waals surface area contributed by atoms with Crippen LogP contribution in [0.1, 0.15) is 32.3 Å². The predicted molar refractivity (Wildman–Crippen MR) is 81.6 cm³/mol. The normalized spacial score (nSPS) is 32.7. The van der Waals surface area contributed by atoms with E-state index in [-0.39, 0.29) is 11.5 Å². The van der Waals surface area contributed by atoms with Gasteiger partial charge in [0.1, 0.15) is 0 Å². The third kappa shape index (κ3) is 1.93. The number of nitrogens with one attached hydrogen (secondary N) is 1. The summed E-state index contributed by atoms with van der Waals surface area (Å²) >= 11 is 0. The molecule has 0 radical (unpaired) electrons. The maximum absolute atomic E-state index is 11.3. The first-order valence-electron chi connectivity index (χ1n) is 7.21. The largest absolute Gasteiger partial charge is 0.329 e. The van der Waals surface area contributed by atoms with E-state index in [1.807, 2.05) is 6.92 Å². The van der Waals surface area contributed by atoms with Crippen molar-refractivity contribution in [1.82, 2.24) is 4.98 Å². The molecule has 2 aliphatic rings. The Kier molecular flexibility index (Phi) is 3.22. The van der Waals surface area contributed by atoms with E-state index >= 15 is 0 Å². The summed E-state index contributed by atoms with van der Waals surface area (Å²) in [6.45, 7) is 4.12. The standard InChI is InChI=1S/C16H18N4O/c1-3-14-11-6-10(2)7-13(8-11)16(14,19-20-17)12-4-5-15(21)18-9-12/h3-6,9,11,13H,7-8H2,1-2H3,(H,18,21)/b14-3+. The van der Waals surface area contributed by atoms with Crippen LogP contribution in [0.5, 0.6) is 0 Å². The van der Waals surface area contributed by atoms with E-state index < -0.39 is 5.54 Å². The van der Waals surface area contributed by atoms with Gasteiger partial charge in [0.2, 0.25) is 5.56 Å². The fourth-order valence-electron chi connectivity index (χ4n) is 4.06. The van der Waals surface area contributed by atoms with Crippen molar-refractivity contribution in [1.29, 1.82) is 0 Å². The molecule has 1 aromatic heterocycles. The molecule has 21 heavy (non-hydrogen) atoms. The van der Waals surface area contributed by atoms with Gasteiger partial charge in [-0.1, -0.05) is 34.5 Å². The van der Waals surface area contributed by atoms with Gasteiger partial charge in [-0.05, 0) is 49.6 Å². The molecular formula is C16H18N4O. The number of aromatic nitrogens is 1. The van der Waals surface area contributed by atoms with E-state index in [0.717, 1.165) is 24.0 Å². The number of hydrogen-bond acceptors (Lipinski definition) is 2. The Balaban J connectivity index is 2.24. The second-order valence-electron chi connectivity index (χ2n) is 5.90. The molecule has 1 N–H and O–H groups in total. The summed E-state index contributed by atoms with van der Waals surface area (Å²) in [7, 11) is 0. The zero-order chi connectivity index (χ0) is 15.0. The molecule has 0 aliphatic heterocycles. The summed E-state index contributed by atoms with van der Waals surface area (Å²) in [6.07, 6.45) is 7.96. The molecule has 0 amide bonds. The van der Waals surface area contributed by atoms with Gasteiger partial charge in [0, 0.05) is 17.2 Å². The Labute approximate surface area is 123 Å². The zero-order valence-electron chi connectivity index (χ0n) is 12.2. The second-order valence-corrected chi connectivity index (χ2v) is 5.90. The van der Waals surface area contributed by atoms with Gasteiger partial charge in [0.05, 0.1) is 5.54 Å². The van der Waals surface area contributed by atoms with Crippen molar-refractivity contribution in [3.05, 3.63) is 68.0 Å². The highest BCUT2D eigenvalue weighted by atomic mass is 16.1. The highest BCUT2D eigenvalue weighted by molar-refractivity contribution is 5.44. The minimum absolute atomic E-state index is 0.146. The first-order valence-corrected chi connectivity index (χ1v) is 7.21. The van der Waals surface area contributed by atoms with Gasteiger partial charge in [0.15, 0.2) is 0 Å². The van der Waals surface area contributed by atoms with E-state index in [1.165, 1.54) is 11.6 Å². The third-order valence-corrected chi connectivity index (χ3v) is 4.76. The minimum Gasteiger partial charge on any atom is -0.329 e. The third-order valence-electron chi connectivity index (χ3n) is 4.76. The van der Waals surface area contributed by atoms with Crippen LogP contribution in [0.3, 0.4) is 0 Å². The number of hydrogen-bond donors (Lipinski definition) is 1. The number of allylic oxidation sites excluding steroid dienone is 3. The number of rotatable bonds is 2. The van der Waals surface area contributed by atoms with Gasteiger partial charge >= 0.3 is 0 Å². The smallest absolute Gasteiger partial charge is 0.247 e.